The van der Waals surface area contributed by atoms with Crippen LogP contribution in [-0.4, -0.2) is 5.75 Å². The minimum atomic E-state index is 1.10. The molecular weight excluding hydrogens is 236 g/mol. The van der Waals surface area contributed by atoms with E-state index in [9.17, 15) is 0 Å². The summed E-state index contributed by atoms with van der Waals surface area (Å²) >= 11 is 1.90. The van der Waals surface area contributed by atoms with Gasteiger partial charge in [-0.3, -0.25) is 0 Å². The molecule has 2 aromatic rings. The third-order valence-electron chi connectivity index (χ3n) is 3.58. The van der Waals surface area contributed by atoms with Gasteiger partial charge in [-0.25, -0.2) is 0 Å². The molecule has 0 radical (unpaired) electrons. The van der Waals surface area contributed by atoms with E-state index in [2.05, 4.69) is 60.0 Å². The van der Waals surface area contributed by atoms with Gasteiger partial charge >= 0.3 is 0 Å². The van der Waals surface area contributed by atoms with Gasteiger partial charge in [0.05, 0.1) is 0 Å². The Hall–Kier alpha value is -1.73. The molecule has 0 saturated carbocycles. The summed E-state index contributed by atoms with van der Waals surface area (Å²) in [6.07, 6.45) is 2.35. The first kappa shape index (κ1) is 10.2. The van der Waals surface area contributed by atoms with Gasteiger partial charge in [-0.1, -0.05) is 48.5 Å². The van der Waals surface area contributed by atoms with Gasteiger partial charge in [0, 0.05) is 5.75 Å². The smallest absolute Gasteiger partial charge is 0.0232 e. The van der Waals surface area contributed by atoms with Crippen molar-refractivity contribution in [2.24, 2.45) is 0 Å². The number of benzene rings is 2. The highest BCUT2D eigenvalue weighted by Crippen LogP contribution is 2.44. The predicted octanol–water partition coefficient (Wildman–Crippen LogP) is 4.84. The van der Waals surface area contributed by atoms with Crippen molar-refractivity contribution in [3.05, 3.63) is 70.6 Å². The molecule has 4 rings (SSSR count). The summed E-state index contributed by atoms with van der Waals surface area (Å²) in [5.74, 6) is 1.10. The molecule has 0 bridgehead atoms. The standard InChI is InChI=1S/C17H12S/c1-2-6-14-12(5-1)9-13-10-18-11-17(13)16-8-4-3-7-15(14)16/h1-9,11H,10H2. The monoisotopic (exact) mass is 248 g/mol. The Morgan fingerprint density at radius 1 is 0.778 bits per heavy atom. The average molecular weight is 248 g/mol. The second-order valence-electron chi connectivity index (χ2n) is 4.64. The zero-order chi connectivity index (χ0) is 11.9. The Morgan fingerprint density at radius 3 is 2.39 bits per heavy atom. The van der Waals surface area contributed by atoms with Crippen LogP contribution >= 0.6 is 11.8 Å². The lowest BCUT2D eigenvalue weighted by Crippen LogP contribution is -1.88. The second-order valence-corrected chi connectivity index (χ2v) is 5.50. The fourth-order valence-electron chi connectivity index (χ4n) is 2.73. The van der Waals surface area contributed by atoms with E-state index in [1.54, 1.807) is 0 Å². The summed E-state index contributed by atoms with van der Waals surface area (Å²) < 4.78 is 0. The zero-order valence-electron chi connectivity index (χ0n) is 9.89. The first-order chi connectivity index (χ1) is 8.93. The summed E-state index contributed by atoms with van der Waals surface area (Å²) in [7, 11) is 0. The lowest BCUT2D eigenvalue weighted by Gasteiger charge is -2.09. The molecule has 1 heterocycles. The van der Waals surface area contributed by atoms with Crippen molar-refractivity contribution < 1.29 is 0 Å². The maximum atomic E-state index is 2.35. The Labute approximate surface area is 111 Å². The van der Waals surface area contributed by atoms with E-state index in [0.717, 1.165) is 5.75 Å². The number of fused-ring (bicyclic) bond motifs is 5. The number of rotatable bonds is 0. The average Bonchev–Trinajstić information content (AvgIpc) is 2.83. The first-order valence-electron chi connectivity index (χ1n) is 6.15. The van der Waals surface area contributed by atoms with Gasteiger partial charge in [0.15, 0.2) is 0 Å². The molecule has 1 aliphatic heterocycles. The van der Waals surface area contributed by atoms with Crippen LogP contribution in [0.1, 0.15) is 11.1 Å². The van der Waals surface area contributed by atoms with Crippen molar-refractivity contribution in [3.8, 4) is 11.1 Å². The topological polar surface area (TPSA) is 0 Å². The largest absolute Gasteiger partial charge is 0.129 e. The van der Waals surface area contributed by atoms with E-state index in [1.165, 1.54) is 33.4 Å². The van der Waals surface area contributed by atoms with Crippen molar-refractivity contribution in [2.45, 2.75) is 0 Å². The van der Waals surface area contributed by atoms with E-state index in [4.69, 9.17) is 0 Å². The lowest BCUT2D eigenvalue weighted by molar-refractivity contribution is 1.56. The van der Waals surface area contributed by atoms with E-state index in [0.29, 0.717) is 0 Å². The fraction of sp³-hybridized carbons (Fsp3) is 0.0588. The predicted molar refractivity (Wildman–Crippen MR) is 80.3 cm³/mol. The quantitative estimate of drug-likeness (QED) is 0.643. The van der Waals surface area contributed by atoms with Gasteiger partial charge in [0.1, 0.15) is 0 Å². The maximum absolute atomic E-state index is 2.35. The first-order valence-corrected chi connectivity index (χ1v) is 7.20. The molecule has 0 spiro atoms. The summed E-state index contributed by atoms with van der Waals surface area (Å²) in [5.41, 5.74) is 8.28. The van der Waals surface area contributed by atoms with Gasteiger partial charge < -0.3 is 0 Å². The Morgan fingerprint density at radius 2 is 1.50 bits per heavy atom. The van der Waals surface area contributed by atoms with Gasteiger partial charge in [0.25, 0.3) is 0 Å². The van der Waals surface area contributed by atoms with E-state index >= 15 is 0 Å². The molecule has 1 heteroatoms. The van der Waals surface area contributed by atoms with Crippen molar-refractivity contribution >= 4 is 23.4 Å². The van der Waals surface area contributed by atoms with Crippen LogP contribution in [0.15, 0.2) is 59.5 Å². The Balaban J connectivity index is 2.12. The van der Waals surface area contributed by atoms with Crippen molar-refractivity contribution in [1.82, 2.24) is 0 Å². The normalized spacial score (nSPS) is 16.0. The minimum absolute atomic E-state index is 1.10. The summed E-state index contributed by atoms with van der Waals surface area (Å²) in [4.78, 5) is 0. The summed E-state index contributed by atoms with van der Waals surface area (Å²) in [5, 5.41) is 2.30. The molecular formula is C17H12S. The number of hydrogen-bond acceptors (Lipinski definition) is 1. The van der Waals surface area contributed by atoms with E-state index < -0.39 is 0 Å². The highest BCUT2D eigenvalue weighted by molar-refractivity contribution is 8.02. The lowest BCUT2D eigenvalue weighted by atomic mass is 9.94. The van der Waals surface area contributed by atoms with Crippen LogP contribution in [0.2, 0.25) is 0 Å². The van der Waals surface area contributed by atoms with Crippen molar-refractivity contribution in [3.63, 3.8) is 0 Å². The van der Waals surface area contributed by atoms with Gasteiger partial charge in [-0.05, 0) is 44.9 Å². The van der Waals surface area contributed by atoms with Crippen LogP contribution in [0.25, 0.3) is 22.8 Å². The van der Waals surface area contributed by atoms with Crippen LogP contribution in [0.5, 0.6) is 0 Å². The maximum Gasteiger partial charge on any atom is 0.0232 e. The zero-order valence-corrected chi connectivity index (χ0v) is 10.7. The molecule has 0 aromatic heterocycles. The minimum Gasteiger partial charge on any atom is -0.129 e. The molecule has 0 nitrogen and oxygen atoms in total. The van der Waals surface area contributed by atoms with Crippen LogP contribution in [0.3, 0.4) is 0 Å². The molecule has 0 amide bonds. The number of allylic oxidation sites excluding steroid dienone is 1. The van der Waals surface area contributed by atoms with Crippen LogP contribution in [-0.2, 0) is 0 Å². The molecule has 0 saturated heterocycles. The molecule has 1 aliphatic carbocycles. The highest BCUT2D eigenvalue weighted by atomic mass is 32.2. The molecule has 0 N–H and O–H groups in total. The molecule has 2 aromatic carbocycles. The summed E-state index contributed by atoms with van der Waals surface area (Å²) in [6, 6.07) is 17.4. The Kier molecular flexibility index (Phi) is 2.21. The van der Waals surface area contributed by atoms with E-state index in [-0.39, 0.29) is 0 Å². The summed E-state index contributed by atoms with van der Waals surface area (Å²) in [6.45, 7) is 0. The van der Waals surface area contributed by atoms with Crippen LogP contribution in [0.4, 0.5) is 0 Å². The van der Waals surface area contributed by atoms with Crippen LogP contribution in [0, 0.1) is 0 Å². The molecule has 0 unspecified atom stereocenters. The molecule has 0 fully saturated rings. The SMILES string of the molecule is C1=C2CSC=C2c2ccccc2-c2ccccc21. The number of hydrogen-bond donors (Lipinski definition) is 0. The van der Waals surface area contributed by atoms with Crippen molar-refractivity contribution in [2.75, 3.05) is 5.75 Å². The van der Waals surface area contributed by atoms with Gasteiger partial charge in [-0.15, -0.1) is 11.8 Å². The molecule has 0 atom stereocenters. The Bertz CT molecular complexity index is 692. The van der Waals surface area contributed by atoms with Crippen molar-refractivity contribution in [1.29, 1.82) is 0 Å². The third-order valence-corrected chi connectivity index (χ3v) is 4.46. The molecule has 86 valence electrons. The van der Waals surface area contributed by atoms with Crippen LogP contribution < -0.4 is 0 Å². The van der Waals surface area contributed by atoms with Gasteiger partial charge in [0.2, 0.25) is 0 Å². The van der Waals surface area contributed by atoms with Gasteiger partial charge in [-0.2, -0.15) is 0 Å². The molecule has 18 heavy (non-hydrogen) atoms. The van der Waals surface area contributed by atoms with E-state index in [1.807, 2.05) is 11.8 Å². The third kappa shape index (κ3) is 1.41. The highest BCUT2D eigenvalue weighted by Gasteiger charge is 2.21. The fourth-order valence-corrected chi connectivity index (χ4v) is 3.68. The second kappa shape index (κ2) is 3.89. The molecule has 2 aliphatic rings. The number of thioether (sulfide) groups is 1.